The molecule has 2 rings (SSSR count). The summed E-state index contributed by atoms with van der Waals surface area (Å²) >= 11 is 3.90. The molecular formula is C11H19N3OS2. The summed E-state index contributed by atoms with van der Waals surface area (Å²) in [6.07, 6.45) is 1.87. The number of rotatable bonds is 5. The van der Waals surface area contributed by atoms with Gasteiger partial charge < -0.3 is 10.3 Å². The van der Waals surface area contributed by atoms with Crippen LogP contribution in [0.25, 0.3) is 0 Å². The maximum absolute atomic E-state index is 5.68. The van der Waals surface area contributed by atoms with Crippen LogP contribution >= 0.6 is 23.5 Å². The van der Waals surface area contributed by atoms with E-state index in [-0.39, 0.29) is 0 Å². The Bertz CT molecular complexity index is 335. The molecule has 4 nitrogen and oxygen atoms in total. The average Bonchev–Trinajstić information content (AvgIpc) is 2.85. The van der Waals surface area contributed by atoms with Crippen LogP contribution in [-0.4, -0.2) is 33.9 Å². The van der Waals surface area contributed by atoms with Crippen molar-refractivity contribution in [1.29, 1.82) is 0 Å². The molecule has 2 N–H and O–H groups in total. The second-order valence-electron chi connectivity index (χ2n) is 4.19. The topological polar surface area (TPSA) is 64.9 Å². The Hall–Kier alpha value is -0.200. The van der Waals surface area contributed by atoms with Gasteiger partial charge in [-0.1, -0.05) is 18.5 Å². The Labute approximate surface area is 110 Å². The third-order valence-electron chi connectivity index (χ3n) is 2.96. The van der Waals surface area contributed by atoms with E-state index in [0.29, 0.717) is 17.7 Å². The SMILES string of the molecule is CCC(CN)Cc1nc(C2CSCCS2)no1. The molecule has 2 unspecified atom stereocenters. The lowest BCUT2D eigenvalue weighted by Crippen LogP contribution is -2.16. The minimum absolute atomic E-state index is 0.407. The van der Waals surface area contributed by atoms with Gasteiger partial charge in [-0.2, -0.15) is 16.7 Å². The molecule has 0 amide bonds. The zero-order chi connectivity index (χ0) is 12.1. The zero-order valence-corrected chi connectivity index (χ0v) is 11.7. The van der Waals surface area contributed by atoms with Crippen molar-refractivity contribution in [2.24, 2.45) is 11.7 Å². The minimum Gasteiger partial charge on any atom is -0.339 e. The Morgan fingerprint density at radius 2 is 2.41 bits per heavy atom. The van der Waals surface area contributed by atoms with Gasteiger partial charge in [-0.05, 0) is 12.5 Å². The molecule has 2 heterocycles. The predicted molar refractivity (Wildman–Crippen MR) is 73.4 cm³/mol. The average molecular weight is 273 g/mol. The molecule has 2 atom stereocenters. The van der Waals surface area contributed by atoms with Crippen molar-refractivity contribution in [2.75, 3.05) is 23.8 Å². The van der Waals surface area contributed by atoms with Crippen molar-refractivity contribution in [1.82, 2.24) is 10.1 Å². The Balaban J connectivity index is 1.94. The number of hydrogen-bond donors (Lipinski definition) is 1. The summed E-state index contributed by atoms with van der Waals surface area (Å²) in [5.41, 5.74) is 5.68. The van der Waals surface area contributed by atoms with Crippen LogP contribution in [0.1, 0.15) is 30.3 Å². The first-order valence-corrected chi connectivity index (χ1v) is 8.25. The zero-order valence-electron chi connectivity index (χ0n) is 10.1. The molecule has 0 spiro atoms. The van der Waals surface area contributed by atoms with Crippen LogP contribution in [0.4, 0.5) is 0 Å². The Morgan fingerprint density at radius 3 is 3.06 bits per heavy atom. The second-order valence-corrected chi connectivity index (χ2v) is 6.66. The summed E-state index contributed by atoms with van der Waals surface area (Å²) in [6.45, 7) is 2.82. The summed E-state index contributed by atoms with van der Waals surface area (Å²) in [4.78, 5) is 4.50. The minimum atomic E-state index is 0.407. The lowest BCUT2D eigenvalue weighted by atomic mass is 10.0. The summed E-state index contributed by atoms with van der Waals surface area (Å²) in [7, 11) is 0. The number of thioether (sulfide) groups is 2. The van der Waals surface area contributed by atoms with E-state index in [1.807, 2.05) is 23.5 Å². The fourth-order valence-electron chi connectivity index (χ4n) is 1.76. The number of nitrogens with zero attached hydrogens (tertiary/aromatic N) is 2. The van der Waals surface area contributed by atoms with Gasteiger partial charge in [0.2, 0.25) is 5.89 Å². The molecule has 6 heteroatoms. The predicted octanol–water partition coefficient (Wildman–Crippen LogP) is 2.12. The van der Waals surface area contributed by atoms with Gasteiger partial charge in [0.15, 0.2) is 5.82 Å². The van der Waals surface area contributed by atoms with E-state index in [2.05, 4.69) is 17.1 Å². The quantitative estimate of drug-likeness (QED) is 0.886. The van der Waals surface area contributed by atoms with Gasteiger partial charge >= 0.3 is 0 Å². The van der Waals surface area contributed by atoms with Crippen LogP contribution in [-0.2, 0) is 6.42 Å². The van der Waals surface area contributed by atoms with Crippen LogP contribution in [0.15, 0.2) is 4.52 Å². The van der Waals surface area contributed by atoms with Gasteiger partial charge in [-0.15, -0.1) is 11.8 Å². The van der Waals surface area contributed by atoms with Gasteiger partial charge in [0.25, 0.3) is 0 Å². The van der Waals surface area contributed by atoms with E-state index in [1.54, 1.807) is 0 Å². The van der Waals surface area contributed by atoms with Crippen LogP contribution in [0, 0.1) is 5.92 Å². The molecular weight excluding hydrogens is 254 g/mol. The highest BCUT2D eigenvalue weighted by molar-refractivity contribution is 8.06. The van der Waals surface area contributed by atoms with Crippen molar-refractivity contribution in [3.05, 3.63) is 11.7 Å². The van der Waals surface area contributed by atoms with E-state index in [4.69, 9.17) is 10.3 Å². The lowest BCUT2D eigenvalue weighted by molar-refractivity contribution is 0.347. The number of hydrogen-bond acceptors (Lipinski definition) is 6. The summed E-state index contributed by atoms with van der Waals surface area (Å²) < 4.78 is 5.31. The largest absolute Gasteiger partial charge is 0.339 e. The molecule has 0 bridgehead atoms. The van der Waals surface area contributed by atoms with Crippen molar-refractivity contribution in [3.63, 3.8) is 0 Å². The first-order chi connectivity index (χ1) is 8.33. The van der Waals surface area contributed by atoms with Crippen LogP contribution in [0.5, 0.6) is 0 Å². The maximum Gasteiger partial charge on any atom is 0.227 e. The van der Waals surface area contributed by atoms with Crippen LogP contribution in [0.2, 0.25) is 0 Å². The van der Waals surface area contributed by atoms with E-state index in [1.165, 1.54) is 11.5 Å². The van der Waals surface area contributed by atoms with Gasteiger partial charge in [-0.25, -0.2) is 0 Å². The van der Waals surface area contributed by atoms with Gasteiger partial charge in [-0.3, -0.25) is 0 Å². The van der Waals surface area contributed by atoms with Crippen molar-refractivity contribution >= 4 is 23.5 Å². The van der Waals surface area contributed by atoms with E-state index in [9.17, 15) is 0 Å². The fraction of sp³-hybridized carbons (Fsp3) is 0.818. The van der Waals surface area contributed by atoms with Crippen molar-refractivity contribution in [2.45, 2.75) is 25.0 Å². The molecule has 96 valence electrons. The van der Waals surface area contributed by atoms with Crippen LogP contribution < -0.4 is 5.73 Å². The molecule has 0 saturated carbocycles. The second kappa shape index (κ2) is 6.66. The molecule has 1 aromatic heterocycles. The first kappa shape index (κ1) is 13.2. The first-order valence-electron chi connectivity index (χ1n) is 6.05. The number of nitrogens with two attached hydrogens (primary N) is 1. The summed E-state index contributed by atoms with van der Waals surface area (Å²) in [5.74, 6) is 5.57. The van der Waals surface area contributed by atoms with E-state index < -0.39 is 0 Å². The Kier molecular flexibility index (Phi) is 5.18. The van der Waals surface area contributed by atoms with E-state index >= 15 is 0 Å². The molecule has 1 aromatic rings. The highest BCUT2D eigenvalue weighted by Gasteiger charge is 2.22. The van der Waals surface area contributed by atoms with Gasteiger partial charge in [0.05, 0.1) is 5.25 Å². The molecule has 1 saturated heterocycles. The van der Waals surface area contributed by atoms with Crippen molar-refractivity contribution in [3.8, 4) is 0 Å². The van der Waals surface area contributed by atoms with Crippen molar-refractivity contribution < 1.29 is 4.52 Å². The highest BCUT2D eigenvalue weighted by Crippen LogP contribution is 2.35. The fourth-order valence-corrected chi connectivity index (χ4v) is 4.35. The molecule has 0 radical (unpaired) electrons. The maximum atomic E-state index is 5.68. The molecule has 17 heavy (non-hydrogen) atoms. The monoisotopic (exact) mass is 273 g/mol. The van der Waals surface area contributed by atoms with Gasteiger partial charge in [0.1, 0.15) is 0 Å². The highest BCUT2D eigenvalue weighted by atomic mass is 32.2. The van der Waals surface area contributed by atoms with E-state index in [0.717, 1.165) is 30.3 Å². The van der Waals surface area contributed by atoms with Crippen LogP contribution in [0.3, 0.4) is 0 Å². The summed E-state index contributed by atoms with van der Waals surface area (Å²) in [6, 6.07) is 0. The standard InChI is InChI=1S/C11H19N3OS2/c1-2-8(6-12)5-10-13-11(14-15-10)9-7-16-3-4-17-9/h8-9H,2-7,12H2,1H3. The molecule has 1 aliphatic rings. The molecule has 1 fully saturated rings. The molecule has 0 aliphatic carbocycles. The summed E-state index contributed by atoms with van der Waals surface area (Å²) in [5, 5.41) is 4.51. The molecule has 1 aliphatic heterocycles. The number of aromatic nitrogens is 2. The third kappa shape index (κ3) is 3.63. The third-order valence-corrected chi connectivity index (χ3v) is 5.71. The smallest absolute Gasteiger partial charge is 0.227 e. The van der Waals surface area contributed by atoms with Gasteiger partial charge in [0, 0.05) is 23.7 Å². The normalized spacial score (nSPS) is 22.6. The molecule has 0 aromatic carbocycles. The lowest BCUT2D eigenvalue weighted by Gasteiger charge is -2.17. The Morgan fingerprint density at radius 1 is 1.53 bits per heavy atom.